The number of hydrogen-bond acceptors (Lipinski definition) is 3. The Hall–Kier alpha value is -1.79. The molecule has 0 aliphatic rings. The first-order valence-corrected chi connectivity index (χ1v) is 4.02. The highest BCUT2D eigenvalue weighted by Crippen LogP contribution is 2.17. The molecule has 0 saturated heterocycles. The number of rotatable bonds is 2. The van der Waals surface area contributed by atoms with Gasteiger partial charge in [-0.05, 0) is 11.6 Å². The van der Waals surface area contributed by atoms with Crippen molar-refractivity contribution in [2.45, 2.75) is 18.0 Å². The summed E-state index contributed by atoms with van der Waals surface area (Å²) >= 11 is 3.94. The molecule has 0 aliphatic heterocycles. The second kappa shape index (κ2) is 9.17. The molecule has 120 valence electrons. The molecule has 0 unspecified atom stereocenters. The third kappa shape index (κ3) is 18.6. The lowest BCUT2D eigenvalue weighted by Gasteiger charge is -1.95. The SMILES string of the molecule is O=C(O)C(F)(F)Cl.O=C(O)C(F)(F)F.O=C(O)C(F)F. The summed E-state index contributed by atoms with van der Waals surface area (Å²) < 4.78 is 74.9. The van der Waals surface area contributed by atoms with Gasteiger partial charge in [-0.1, -0.05) is 0 Å². The Morgan fingerprint density at radius 3 is 1.00 bits per heavy atom. The molecule has 0 atom stereocenters. The van der Waals surface area contributed by atoms with Crippen LogP contribution < -0.4 is 0 Å². The van der Waals surface area contributed by atoms with E-state index in [-0.39, 0.29) is 0 Å². The Morgan fingerprint density at radius 2 is 1.00 bits per heavy atom. The van der Waals surface area contributed by atoms with Gasteiger partial charge < -0.3 is 15.3 Å². The summed E-state index contributed by atoms with van der Waals surface area (Å²) in [6.45, 7) is 0. The monoisotopic (exact) mass is 340 g/mol. The maximum Gasteiger partial charge on any atom is 0.490 e. The van der Waals surface area contributed by atoms with E-state index in [1.807, 2.05) is 0 Å². The van der Waals surface area contributed by atoms with E-state index in [9.17, 15) is 30.7 Å². The summed E-state index contributed by atoms with van der Waals surface area (Å²) in [4.78, 5) is 27.0. The van der Waals surface area contributed by atoms with E-state index in [1.165, 1.54) is 0 Å². The average molecular weight is 341 g/mol. The van der Waals surface area contributed by atoms with Gasteiger partial charge in [0.25, 0.3) is 0 Å². The average Bonchev–Trinajstić information content (AvgIpc) is 2.15. The highest BCUT2D eigenvalue weighted by atomic mass is 35.5. The van der Waals surface area contributed by atoms with Gasteiger partial charge in [-0.25, -0.2) is 14.4 Å². The van der Waals surface area contributed by atoms with E-state index in [2.05, 4.69) is 11.6 Å². The normalized spacial score (nSPS) is 10.7. The topological polar surface area (TPSA) is 112 Å². The molecule has 0 saturated carbocycles. The van der Waals surface area contributed by atoms with Crippen LogP contribution in [-0.2, 0) is 14.4 Å². The molecule has 0 radical (unpaired) electrons. The van der Waals surface area contributed by atoms with Crippen molar-refractivity contribution < 1.29 is 60.4 Å². The fraction of sp³-hybridized carbons (Fsp3) is 0.500. The van der Waals surface area contributed by atoms with E-state index in [0.29, 0.717) is 0 Å². The summed E-state index contributed by atoms with van der Waals surface area (Å²) in [5.41, 5.74) is 0. The zero-order chi connectivity index (χ0) is 17.3. The molecule has 0 rings (SSSR count). The minimum atomic E-state index is -5.08. The molecule has 0 aliphatic carbocycles. The van der Waals surface area contributed by atoms with Crippen LogP contribution in [0, 0.1) is 0 Å². The van der Waals surface area contributed by atoms with Crippen molar-refractivity contribution in [3.05, 3.63) is 0 Å². The number of carboxylic acid groups (broad SMARTS) is 3. The third-order valence-corrected chi connectivity index (χ3v) is 0.833. The van der Waals surface area contributed by atoms with E-state index < -0.39 is 35.9 Å². The molecule has 0 bridgehead atoms. The number of alkyl halides is 8. The van der Waals surface area contributed by atoms with E-state index in [0.717, 1.165) is 0 Å². The number of carbonyl (C=O) groups is 3. The van der Waals surface area contributed by atoms with Crippen molar-refractivity contribution in [3.63, 3.8) is 0 Å². The van der Waals surface area contributed by atoms with Gasteiger partial charge >= 0.3 is 35.9 Å². The Bertz CT molecular complexity index is 312. The molecular weight excluding hydrogens is 336 g/mol. The van der Waals surface area contributed by atoms with Gasteiger partial charge in [-0.3, -0.25) is 0 Å². The fourth-order valence-corrected chi connectivity index (χ4v) is 0. The van der Waals surface area contributed by atoms with Crippen LogP contribution in [0.3, 0.4) is 0 Å². The van der Waals surface area contributed by atoms with Gasteiger partial charge in [0.15, 0.2) is 0 Å². The zero-order valence-electron chi connectivity index (χ0n) is 8.67. The van der Waals surface area contributed by atoms with Crippen molar-refractivity contribution >= 4 is 29.5 Å². The summed E-state index contributed by atoms with van der Waals surface area (Å²) in [5.74, 6) is -7.16. The number of carboxylic acids is 3. The molecule has 0 fully saturated rings. The minimum absolute atomic E-state index is 2.07. The van der Waals surface area contributed by atoms with E-state index in [1.54, 1.807) is 0 Å². The van der Waals surface area contributed by atoms with Crippen LogP contribution in [0.5, 0.6) is 0 Å². The van der Waals surface area contributed by atoms with Crippen LogP contribution in [-0.4, -0.2) is 51.2 Å². The molecule has 0 spiro atoms. The smallest absolute Gasteiger partial charge is 0.477 e. The predicted molar refractivity (Wildman–Crippen MR) is 45.8 cm³/mol. The molecule has 0 heterocycles. The molecule has 0 aromatic heterocycles. The minimum Gasteiger partial charge on any atom is -0.477 e. The van der Waals surface area contributed by atoms with Gasteiger partial charge in [0, 0.05) is 0 Å². The highest BCUT2D eigenvalue weighted by Gasteiger charge is 2.38. The summed E-state index contributed by atoms with van der Waals surface area (Å²) in [6.07, 6.45) is -8.31. The predicted octanol–water partition coefficient (Wildman–Crippen LogP) is 1.87. The van der Waals surface area contributed by atoms with Gasteiger partial charge in [-0.15, -0.1) is 0 Å². The van der Waals surface area contributed by atoms with Crippen LogP contribution >= 0.6 is 11.6 Å². The fourth-order valence-electron chi connectivity index (χ4n) is 0. The first-order chi connectivity index (χ1) is 8.53. The van der Waals surface area contributed by atoms with Gasteiger partial charge in [0.1, 0.15) is 0 Å². The first-order valence-electron chi connectivity index (χ1n) is 3.64. The van der Waals surface area contributed by atoms with Crippen LogP contribution in [0.2, 0.25) is 0 Å². The van der Waals surface area contributed by atoms with Gasteiger partial charge in [0.2, 0.25) is 0 Å². The Labute approximate surface area is 109 Å². The van der Waals surface area contributed by atoms with E-state index >= 15 is 0 Å². The Morgan fingerprint density at radius 1 is 0.850 bits per heavy atom. The quantitative estimate of drug-likeness (QED) is 0.522. The summed E-state index contributed by atoms with van der Waals surface area (Å²) in [7, 11) is 0. The van der Waals surface area contributed by atoms with Crippen molar-refractivity contribution in [1.82, 2.24) is 0 Å². The van der Waals surface area contributed by atoms with Crippen molar-refractivity contribution in [2.24, 2.45) is 0 Å². The lowest BCUT2D eigenvalue weighted by Crippen LogP contribution is -2.21. The highest BCUT2D eigenvalue weighted by molar-refractivity contribution is 6.30. The first kappa shape index (κ1) is 23.3. The molecule has 14 heteroatoms. The number of hydrogen-bond donors (Lipinski definition) is 3. The maximum absolute atomic E-state index is 11.0. The molecule has 0 amide bonds. The number of aliphatic carboxylic acids is 3. The van der Waals surface area contributed by atoms with Crippen molar-refractivity contribution in [2.75, 3.05) is 0 Å². The van der Waals surface area contributed by atoms with Crippen molar-refractivity contribution in [3.8, 4) is 0 Å². The molecule has 6 nitrogen and oxygen atoms in total. The second-order valence-corrected chi connectivity index (χ2v) is 2.72. The lowest BCUT2D eigenvalue weighted by atomic mass is 10.7. The Kier molecular flexibility index (Phi) is 10.7. The maximum atomic E-state index is 11.0. The van der Waals surface area contributed by atoms with Crippen molar-refractivity contribution in [1.29, 1.82) is 0 Å². The molecule has 3 N–H and O–H groups in total. The zero-order valence-corrected chi connectivity index (χ0v) is 9.42. The largest absolute Gasteiger partial charge is 0.490 e. The summed E-state index contributed by atoms with van der Waals surface area (Å²) in [5, 5.41) is 17.6. The van der Waals surface area contributed by atoms with Crippen LogP contribution in [0.15, 0.2) is 0 Å². The third-order valence-electron chi connectivity index (χ3n) is 0.672. The van der Waals surface area contributed by atoms with Crippen LogP contribution in [0.1, 0.15) is 0 Å². The van der Waals surface area contributed by atoms with Crippen LogP contribution in [0.25, 0.3) is 0 Å². The Balaban J connectivity index is -0.000000218. The van der Waals surface area contributed by atoms with E-state index in [4.69, 9.17) is 29.7 Å². The van der Waals surface area contributed by atoms with Gasteiger partial charge in [-0.2, -0.15) is 30.7 Å². The molecule has 20 heavy (non-hydrogen) atoms. The molecular formula is C6H4ClF7O6. The summed E-state index contributed by atoms with van der Waals surface area (Å²) in [6, 6.07) is 0. The number of halogens is 8. The second-order valence-electron chi connectivity index (χ2n) is 2.24. The standard InChI is InChI=1S/C2HClF2O2.C2HF3O2.C2H2F2O2/c2*3-2(4,5)1(6)7;3-1(4)2(5)6/h2*(H,6,7);1H,(H,5,6). The van der Waals surface area contributed by atoms with Gasteiger partial charge in [0.05, 0.1) is 0 Å². The molecule has 0 aromatic rings. The molecule has 0 aromatic carbocycles. The van der Waals surface area contributed by atoms with Crippen LogP contribution in [0.4, 0.5) is 30.7 Å². The lowest BCUT2D eigenvalue weighted by molar-refractivity contribution is -0.192.